The number of fused-ring (bicyclic) bond motifs is 1. The van der Waals surface area contributed by atoms with Crippen LogP contribution in [0.1, 0.15) is 28.4 Å². The molecule has 0 spiro atoms. The number of carbonyl (C=O) groups excluding carboxylic acids is 1. The van der Waals surface area contributed by atoms with Crippen molar-refractivity contribution in [2.75, 3.05) is 10.6 Å². The Hall–Kier alpha value is -4.01. The van der Waals surface area contributed by atoms with Crippen LogP contribution in [0.2, 0.25) is 0 Å². The molecule has 1 aromatic heterocycles. The quantitative estimate of drug-likeness (QED) is 0.158. The van der Waals surface area contributed by atoms with Crippen LogP contribution in [0.5, 0.6) is 0 Å². The number of hydrogen-bond donors (Lipinski definition) is 5. The molecular weight excluding hydrogens is 418 g/mol. The van der Waals surface area contributed by atoms with E-state index in [1.807, 2.05) is 30.3 Å². The Balaban J connectivity index is 1.48. The number of aromatic nitrogens is 2. The van der Waals surface area contributed by atoms with Gasteiger partial charge in [-0.3, -0.25) is 10.0 Å². The fourth-order valence-corrected chi connectivity index (χ4v) is 3.53. The standard InChI is InChI=1S/C25H25N5O3/c1-2-16-5-9-19(10-6-16)29-24-21-14-20(11-12-22(21)26-15-27-24)28-23(31)13-17-3-7-18(8-4-17)25(32)30-33/h3-12,14-15,23,28,31,33H,2,13H2,1H3,(H,30,32)(H,26,27,29). The maximum absolute atomic E-state index is 11.4. The molecule has 1 unspecified atom stereocenters. The minimum atomic E-state index is -0.845. The summed E-state index contributed by atoms with van der Waals surface area (Å²) in [6.07, 6.45) is 1.99. The molecule has 0 radical (unpaired) electrons. The van der Waals surface area contributed by atoms with Gasteiger partial charge in [-0.15, -0.1) is 0 Å². The molecule has 0 aliphatic carbocycles. The predicted molar refractivity (Wildman–Crippen MR) is 128 cm³/mol. The van der Waals surface area contributed by atoms with Gasteiger partial charge in [0.25, 0.3) is 5.91 Å². The first-order chi connectivity index (χ1) is 16.1. The molecule has 8 nitrogen and oxygen atoms in total. The Labute approximate surface area is 191 Å². The largest absolute Gasteiger partial charge is 0.373 e. The van der Waals surface area contributed by atoms with Crippen LogP contribution in [-0.4, -0.2) is 32.4 Å². The van der Waals surface area contributed by atoms with Crippen molar-refractivity contribution in [3.05, 3.63) is 89.7 Å². The monoisotopic (exact) mass is 443 g/mol. The molecule has 0 saturated carbocycles. The van der Waals surface area contributed by atoms with Crippen LogP contribution in [0.15, 0.2) is 73.1 Å². The lowest BCUT2D eigenvalue weighted by Crippen LogP contribution is -2.22. The number of aliphatic hydroxyl groups excluding tert-OH is 1. The molecule has 0 fully saturated rings. The Morgan fingerprint density at radius 3 is 2.33 bits per heavy atom. The first-order valence-electron chi connectivity index (χ1n) is 10.6. The van der Waals surface area contributed by atoms with Crippen molar-refractivity contribution in [3.8, 4) is 0 Å². The van der Waals surface area contributed by atoms with E-state index in [4.69, 9.17) is 5.21 Å². The molecule has 1 heterocycles. The summed E-state index contributed by atoms with van der Waals surface area (Å²) in [4.78, 5) is 20.2. The smallest absolute Gasteiger partial charge is 0.274 e. The Morgan fingerprint density at radius 2 is 1.64 bits per heavy atom. The minimum absolute atomic E-state index is 0.333. The molecule has 0 saturated heterocycles. The summed E-state index contributed by atoms with van der Waals surface area (Å²) < 4.78 is 0. The summed E-state index contributed by atoms with van der Waals surface area (Å²) in [5, 5.41) is 26.5. The van der Waals surface area contributed by atoms with E-state index in [1.165, 1.54) is 11.9 Å². The van der Waals surface area contributed by atoms with Crippen LogP contribution < -0.4 is 16.1 Å². The number of amides is 1. The average Bonchev–Trinajstić information content (AvgIpc) is 2.85. The molecule has 1 atom stereocenters. The van der Waals surface area contributed by atoms with Gasteiger partial charge in [0, 0.05) is 28.7 Å². The zero-order chi connectivity index (χ0) is 23.2. The summed E-state index contributed by atoms with van der Waals surface area (Å²) in [6.45, 7) is 2.12. The summed E-state index contributed by atoms with van der Waals surface area (Å²) >= 11 is 0. The van der Waals surface area contributed by atoms with Crippen molar-refractivity contribution < 1.29 is 15.1 Å². The van der Waals surface area contributed by atoms with Crippen molar-refractivity contribution in [1.82, 2.24) is 15.4 Å². The van der Waals surface area contributed by atoms with Crippen LogP contribution >= 0.6 is 0 Å². The van der Waals surface area contributed by atoms with Crippen LogP contribution in [0, 0.1) is 0 Å². The maximum atomic E-state index is 11.4. The molecule has 8 heteroatoms. The van der Waals surface area contributed by atoms with Crippen molar-refractivity contribution in [2.24, 2.45) is 0 Å². The van der Waals surface area contributed by atoms with Crippen LogP contribution in [0.3, 0.4) is 0 Å². The highest BCUT2D eigenvalue weighted by Crippen LogP contribution is 2.26. The number of aliphatic hydroxyl groups is 1. The zero-order valence-electron chi connectivity index (χ0n) is 18.1. The zero-order valence-corrected chi connectivity index (χ0v) is 18.1. The van der Waals surface area contributed by atoms with Crippen molar-refractivity contribution in [3.63, 3.8) is 0 Å². The van der Waals surface area contributed by atoms with Gasteiger partial charge in [0.1, 0.15) is 18.4 Å². The van der Waals surface area contributed by atoms with E-state index >= 15 is 0 Å². The van der Waals surface area contributed by atoms with Crippen LogP contribution in [0.25, 0.3) is 10.9 Å². The number of hydrogen-bond acceptors (Lipinski definition) is 7. The van der Waals surface area contributed by atoms with Gasteiger partial charge in [0.15, 0.2) is 0 Å². The SMILES string of the molecule is CCc1ccc(Nc2ncnc3ccc(NC(O)Cc4ccc(C(=O)NO)cc4)cc23)cc1. The summed E-state index contributed by atoms with van der Waals surface area (Å²) in [7, 11) is 0. The highest BCUT2D eigenvalue weighted by molar-refractivity contribution is 5.93. The molecular formula is C25H25N5O3. The van der Waals surface area contributed by atoms with Gasteiger partial charge < -0.3 is 15.7 Å². The topological polar surface area (TPSA) is 119 Å². The number of anilines is 3. The highest BCUT2D eigenvalue weighted by atomic mass is 16.5. The van der Waals surface area contributed by atoms with E-state index in [1.54, 1.807) is 29.7 Å². The van der Waals surface area contributed by atoms with E-state index in [9.17, 15) is 9.90 Å². The van der Waals surface area contributed by atoms with Gasteiger partial charge in [-0.25, -0.2) is 15.4 Å². The fourth-order valence-electron chi connectivity index (χ4n) is 3.53. The number of hydroxylamine groups is 1. The maximum Gasteiger partial charge on any atom is 0.274 e. The van der Waals surface area contributed by atoms with Gasteiger partial charge in [-0.05, 0) is 60.0 Å². The summed E-state index contributed by atoms with van der Waals surface area (Å²) in [5.74, 6) is 0.101. The first-order valence-corrected chi connectivity index (χ1v) is 10.6. The van der Waals surface area contributed by atoms with Gasteiger partial charge in [0.2, 0.25) is 0 Å². The molecule has 1 amide bonds. The Morgan fingerprint density at radius 1 is 0.939 bits per heavy atom. The van der Waals surface area contributed by atoms with E-state index in [2.05, 4.69) is 39.7 Å². The van der Waals surface area contributed by atoms with E-state index in [0.717, 1.165) is 34.3 Å². The molecule has 0 aliphatic rings. The van der Waals surface area contributed by atoms with Crippen molar-refractivity contribution in [2.45, 2.75) is 26.0 Å². The van der Waals surface area contributed by atoms with Gasteiger partial charge in [-0.2, -0.15) is 0 Å². The molecule has 0 bridgehead atoms. The Bertz CT molecular complexity index is 1240. The normalized spacial score (nSPS) is 11.7. The first kappa shape index (κ1) is 22.2. The third-order valence-corrected chi connectivity index (χ3v) is 5.34. The van der Waals surface area contributed by atoms with Gasteiger partial charge >= 0.3 is 0 Å². The van der Waals surface area contributed by atoms with Crippen molar-refractivity contribution in [1.29, 1.82) is 0 Å². The molecule has 4 aromatic rings. The number of rotatable bonds is 8. The third kappa shape index (κ3) is 5.43. The number of benzene rings is 3. The number of nitrogens with zero attached hydrogens (tertiary/aromatic N) is 2. The van der Waals surface area contributed by atoms with Gasteiger partial charge in [0.05, 0.1) is 5.52 Å². The Kier molecular flexibility index (Phi) is 6.77. The second-order valence-electron chi connectivity index (χ2n) is 7.63. The lowest BCUT2D eigenvalue weighted by Gasteiger charge is -2.16. The van der Waals surface area contributed by atoms with Gasteiger partial charge in [-0.1, -0.05) is 31.2 Å². The van der Waals surface area contributed by atoms with E-state index < -0.39 is 12.1 Å². The highest BCUT2D eigenvalue weighted by Gasteiger charge is 2.10. The van der Waals surface area contributed by atoms with Crippen LogP contribution in [-0.2, 0) is 12.8 Å². The average molecular weight is 444 g/mol. The number of nitrogens with one attached hydrogen (secondary N) is 3. The molecule has 3 aromatic carbocycles. The third-order valence-electron chi connectivity index (χ3n) is 5.34. The second kappa shape index (κ2) is 10.1. The van der Waals surface area contributed by atoms with E-state index in [-0.39, 0.29) is 0 Å². The second-order valence-corrected chi connectivity index (χ2v) is 7.63. The molecule has 33 heavy (non-hydrogen) atoms. The predicted octanol–water partition coefficient (Wildman–Crippen LogP) is 4.03. The summed E-state index contributed by atoms with van der Waals surface area (Å²) in [5.41, 5.74) is 6.49. The lowest BCUT2D eigenvalue weighted by atomic mass is 10.1. The lowest BCUT2D eigenvalue weighted by molar-refractivity contribution is 0.0706. The molecule has 5 N–H and O–H groups in total. The number of aryl methyl sites for hydroxylation is 1. The molecule has 168 valence electrons. The molecule has 4 rings (SSSR count). The van der Waals surface area contributed by atoms with Crippen LogP contribution in [0.4, 0.5) is 17.2 Å². The van der Waals surface area contributed by atoms with Crippen molar-refractivity contribution >= 4 is 34.0 Å². The number of carbonyl (C=O) groups is 1. The fraction of sp³-hybridized carbons (Fsp3) is 0.160. The minimum Gasteiger partial charge on any atom is -0.373 e. The summed E-state index contributed by atoms with van der Waals surface area (Å²) in [6, 6.07) is 20.5. The molecule has 0 aliphatic heterocycles. The van der Waals surface area contributed by atoms with E-state index in [0.29, 0.717) is 17.8 Å².